The van der Waals surface area contributed by atoms with Crippen molar-refractivity contribution < 1.29 is 9.53 Å². The minimum Gasteiger partial charge on any atom is -0.497 e. The summed E-state index contributed by atoms with van der Waals surface area (Å²) < 4.78 is 5.24. The monoisotopic (exact) mass is 422 g/mol. The molecule has 164 valence electrons. The number of hydrogen-bond acceptors (Lipinski definition) is 5. The summed E-state index contributed by atoms with van der Waals surface area (Å²) in [6, 6.07) is 8.12. The first-order valence-corrected chi connectivity index (χ1v) is 11.4. The lowest BCUT2D eigenvalue weighted by Gasteiger charge is -2.29. The highest BCUT2D eigenvalue weighted by molar-refractivity contribution is 5.80. The average molecular weight is 423 g/mol. The van der Waals surface area contributed by atoms with Gasteiger partial charge in [-0.2, -0.15) is 0 Å². The minimum atomic E-state index is -0.00660. The maximum Gasteiger partial charge on any atom is 0.254 e. The number of nitrogens with one attached hydrogen (secondary N) is 1. The summed E-state index contributed by atoms with van der Waals surface area (Å²) in [5.41, 5.74) is 2.92. The number of H-pyrrole nitrogens is 1. The fraction of sp³-hybridized carbons (Fsp3) is 0.542. The van der Waals surface area contributed by atoms with Gasteiger partial charge in [-0.1, -0.05) is 18.6 Å². The third-order valence-electron chi connectivity index (χ3n) is 7.08. The lowest BCUT2D eigenvalue weighted by atomic mass is 9.84. The van der Waals surface area contributed by atoms with Gasteiger partial charge in [0.05, 0.1) is 12.8 Å². The Kier molecular flexibility index (Phi) is 5.52. The molecule has 3 aliphatic rings. The summed E-state index contributed by atoms with van der Waals surface area (Å²) >= 11 is 0. The minimum absolute atomic E-state index is 0.00660. The van der Waals surface area contributed by atoms with Gasteiger partial charge < -0.3 is 14.6 Å². The van der Waals surface area contributed by atoms with Crippen LogP contribution in [-0.4, -0.2) is 52.4 Å². The fourth-order valence-corrected chi connectivity index (χ4v) is 4.93. The topological polar surface area (TPSA) is 78.5 Å². The molecule has 2 aliphatic heterocycles. The van der Waals surface area contributed by atoms with Crippen LogP contribution in [0.4, 0.5) is 0 Å². The number of rotatable bonds is 5. The van der Waals surface area contributed by atoms with E-state index < -0.39 is 0 Å². The predicted molar refractivity (Wildman–Crippen MR) is 117 cm³/mol. The molecule has 2 fully saturated rings. The van der Waals surface area contributed by atoms with E-state index in [1.807, 2.05) is 17.0 Å². The largest absolute Gasteiger partial charge is 0.497 e. The van der Waals surface area contributed by atoms with Crippen molar-refractivity contribution in [2.75, 3.05) is 26.7 Å². The van der Waals surface area contributed by atoms with E-state index in [1.165, 1.54) is 12.0 Å². The lowest BCUT2D eigenvalue weighted by Crippen LogP contribution is -2.38. The second-order valence-corrected chi connectivity index (χ2v) is 9.08. The molecule has 0 radical (unpaired) electrons. The van der Waals surface area contributed by atoms with Crippen molar-refractivity contribution in [2.45, 2.75) is 51.1 Å². The van der Waals surface area contributed by atoms with Gasteiger partial charge in [0.25, 0.3) is 5.56 Å². The first-order valence-electron chi connectivity index (χ1n) is 11.4. The molecule has 31 heavy (non-hydrogen) atoms. The molecule has 1 N–H and O–H groups in total. The number of benzene rings is 1. The fourth-order valence-electron chi connectivity index (χ4n) is 4.93. The van der Waals surface area contributed by atoms with Gasteiger partial charge in [0.15, 0.2) is 0 Å². The Morgan fingerprint density at radius 1 is 1.19 bits per heavy atom. The number of carbonyl (C=O) groups is 1. The van der Waals surface area contributed by atoms with E-state index in [9.17, 15) is 9.59 Å². The van der Waals surface area contributed by atoms with Crippen molar-refractivity contribution in [1.29, 1.82) is 0 Å². The van der Waals surface area contributed by atoms with Crippen LogP contribution in [-0.2, 0) is 24.3 Å². The summed E-state index contributed by atoms with van der Waals surface area (Å²) in [5.74, 6) is 2.24. The third kappa shape index (κ3) is 4.11. The smallest absolute Gasteiger partial charge is 0.254 e. The summed E-state index contributed by atoms with van der Waals surface area (Å²) in [5, 5.41) is 0. The van der Waals surface area contributed by atoms with E-state index in [2.05, 4.69) is 22.0 Å². The van der Waals surface area contributed by atoms with Crippen LogP contribution in [0.1, 0.15) is 54.2 Å². The van der Waals surface area contributed by atoms with Crippen molar-refractivity contribution in [3.8, 4) is 5.75 Å². The van der Waals surface area contributed by atoms with Crippen LogP contribution < -0.4 is 10.3 Å². The van der Waals surface area contributed by atoms with Crippen LogP contribution in [0.3, 0.4) is 0 Å². The second-order valence-electron chi connectivity index (χ2n) is 9.08. The van der Waals surface area contributed by atoms with Crippen LogP contribution in [0, 0.1) is 5.92 Å². The number of amides is 1. The Balaban J connectivity index is 1.28. The van der Waals surface area contributed by atoms with Crippen molar-refractivity contribution in [2.24, 2.45) is 5.92 Å². The second kappa shape index (κ2) is 8.46. The van der Waals surface area contributed by atoms with Gasteiger partial charge in [-0.15, -0.1) is 0 Å². The number of fused-ring (bicyclic) bond motifs is 1. The van der Waals surface area contributed by atoms with Crippen molar-refractivity contribution in [3.05, 3.63) is 57.3 Å². The normalized spacial score (nSPS) is 21.6. The molecule has 3 heterocycles. The average Bonchev–Trinajstić information content (AvgIpc) is 3.23. The van der Waals surface area contributed by atoms with E-state index >= 15 is 0 Å². The summed E-state index contributed by atoms with van der Waals surface area (Å²) in [4.78, 5) is 37.6. The Morgan fingerprint density at radius 3 is 2.71 bits per heavy atom. The summed E-state index contributed by atoms with van der Waals surface area (Å²) in [7, 11) is 1.67. The molecule has 2 aromatic rings. The van der Waals surface area contributed by atoms with Gasteiger partial charge in [-0.25, -0.2) is 4.98 Å². The number of nitrogens with zero attached hydrogens (tertiary/aromatic N) is 3. The Bertz CT molecular complexity index is 1010. The molecule has 7 nitrogen and oxygen atoms in total. The number of aromatic amines is 1. The number of likely N-dealkylation sites (tertiary alicyclic amines) is 1. The summed E-state index contributed by atoms with van der Waals surface area (Å²) in [6.45, 7) is 3.78. The number of carbonyl (C=O) groups excluding carboxylic acids is 1. The van der Waals surface area contributed by atoms with Crippen molar-refractivity contribution >= 4 is 5.91 Å². The molecule has 0 unspecified atom stereocenters. The zero-order valence-corrected chi connectivity index (χ0v) is 18.1. The Labute approximate surface area is 182 Å². The van der Waals surface area contributed by atoms with Crippen LogP contribution in [0.15, 0.2) is 29.1 Å². The molecule has 1 saturated heterocycles. The number of methoxy groups -OCH3 is 1. The SMILES string of the molecule is COc1ccc(CN2CCc3c(nc([C@H]4CCN(C(=O)C5CCC5)C4)[nH]c3=O)C2)cc1. The molecule has 7 heteroatoms. The summed E-state index contributed by atoms with van der Waals surface area (Å²) in [6.07, 6.45) is 4.80. The molecule has 1 amide bonds. The third-order valence-corrected chi connectivity index (χ3v) is 7.08. The van der Waals surface area contributed by atoms with Crippen LogP contribution in [0.5, 0.6) is 5.75 Å². The van der Waals surface area contributed by atoms with Crippen LogP contribution >= 0.6 is 0 Å². The highest BCUT2D eigenvalue weighted by Crippen LogP contribution is 2.32. The Morgan fingerprint density at radius 2 is 2.00 bits per heavy atom. The zero-order chi connectivity index (χ0) is 21.4. The Hall–Kier alpha value is -2.67. The molecule has 1 aromatic heterocycles. The molecular weight excluding hydrogens is 392 g/mol. The van der Waals surface area contributed by atoms with Crippen molar-refractivity contribution in [3.63, 3.8) is 0 Å². The molecule has 1 aromatic carbocycles. The molecule has 5 rings (SSSR count). The molecule has 1 atom stereocenters. The van der Waals surface area contributed by atoms with Gasteiger partial charge in [0.2, 0.25) is 5.91 Å². The maximum atomic E-state index is 12.7. The van der Waals surface area contributed by atoms with E-state index in [1.54, 1.807) is 7.11 Å². The van der Waals surface area contributed by atoms with E-state index in [-0.39, 0.29) is 17.4 Å². The first kappa shape index (κ1) is 20.2. The highest BCUT2D eigenvalue weighted by atomic mass is 16.5. The van der Waals surface area contributed by atoms with E-state index in [0.717, 1.165) is 61.7 Å². The van der Waals surface area contributed by atoms with Gasteiger partial charge >= 0.3 is 0 Å². The first-order chi connectivity index (χ1) is 15.1. The van der Waals surface area contributed by atoms with Crippen molar-refractivity contribution in [1.82, 2.24) is 19.8 Å². The molecule has 1 aliphatic carbocycles. The number of hydrogen-bond donors (Lipinski definition) is 1. The predicted octanol–water partition coefficient (Wildman–Crippen LogP) is 2.45. The lowest BCUT2D eigenvalue weighted by molar-refractivity contribution is -0.137. The maximum absolute atomic E-state index is 12.7. The van der Waals surface area contributed by atoms with E-state index in [0.29, 0.717) is 25.4 Å². The van der Waals surface area contributed by atoms with Gasteiger partial charge in [0, 0.05) is 50.1 Å². The van der Waals surface area contributed by atoms with E-state index in [4.69, 9.17) is 9.72 Å². The molecular formula is C24H30N4O3. The molecule has 0 spiro atoms. The quantitative estimate of drug-likeness (QED) is 0.801. The van der Waals surface area contributed by atoms with Crippen LogP contribution in [0.2, 0.25) is 0 Å². The highest BCUT2D eigenvalue weighted by Gasteiger charge is 2.35. The van der Waals surface area contributed by atoms with Gasteiger partial charge in [-0.05, 0) is 43.4 Å². The standard InChI is InChI=1S/C24H30N4O3/c1-31-19-7-5-16(6-8-19)13-27-11-10-20-21(15-27)25-22(26-23(20)29)18-9-12-28(14-18)24(30)17-3-2-4-17/h5-8,17-18H,2-4,9-15H2,1H3,(H,25,26,29)/t18-/m0/s1. The number of ether oxygens (including phenoxy) is 1. The van der Waals surface area contributed by atoms with Gasteiger partial charge in [-0.3, -0.25) is 14.5 Å². The number of aromatic nitrogens is 2. The zero-order valence-electron chi connectivity index (χ0n) is 18.1. The van der Waals surface area contributed by atoms with Crippen LogP contribution in [0.25, 0.3) is 0 Å². The molecule has 0 bridgehead atoms. The van der Waals surface area contributed by atoms with Gasteiger partial charge in [0.1, 0.15) is 11.6 Å². The molecule has 1 saturated carbocycles.